The van der Waals surface area contributed by atoms with Crippen molar-refractivity contribution >= 4 is 11.6 Å². The third kappa shape index (κ3) is 4.73. The summed E-state index contributed by atoms with van der Waals surface area (Å²) >= 11 is 5.77. The van der Waals surface area contributed by atoms with Gasteiger partial charge in [-0.05, 0) is 54.7 Å². The van der Waals surface area contributed by atoms with Crippen molar-refractivity contribution < 1.29 is 9.13 Å². The second-order valence-corrected chi connectivity index (χ2v) is 5.51. The van der Waals surface area contributed by atoms with Crippen molar-refractivity contribution in [3.05, 3.63) is 64.4 Å². The van der Waals surface area contributed by atoms with E-state index in [1.807, 2.05) is 24.3 Å². The summed E-state index contributed by atoms with van der Waals surface area (Å²) in [6, 6.07) is 12.8. The monoisotopic (exact) mass is 307 g/mol. The molecule has 1 unspecified atom stereocenters. The Morgan fingerprint density at radius 1 is 1.14 bits per heavy atom. The molecule has 0 aliphatic heterocycles. The SMILES string of the molecule is COc1ccc(CCC(N)Cc2ccc(F)c(Cl)c2)cc1. The lowest BCUT2D eigenvalue weighted by Crippen LogP contribution is -2.23. The zero-order valence-corrected chi connectivity index (χ0v) is 12.7. The van der Waals surface area contributed by atoms with Gasteiger partial charge in [-0.2, -0.15) is 0 Å². The molecule has 112 valence electrons. The summed E-state index contributed by atoms with van der Waals surface area (Å²) in [6.07, 6.45) is 2.46. The van der Waals surface area contributed by atoms with Gasteiger partial charge in [0.2, 0.25) is 0 Å². The van der Waals surface area contributed by atoms with Crippen LogP contribution in [-0.2, 0) is 12.8 Å². The van der Waals surface area contributed by atoms with E-state index >= 15 is 0 Å². The Kier molecular flexibility index (Phi) is 5.59. The average molecular weight is 308 g/mol. The summed E-state index contributed by atoms with van der Waals surface area (Å²) in [5.74, 6) is 0.455. The van der Waals surface area contributed by atoms with Gasteiger partial charge in [-0.25, -0.2) is 4.39 Å². The number of hydrogen-bond acceptors (Lipinski definition) is 2. The topological polar surface area (TPSA) is 35.2 Å². The fourth-order valence-electron chi connectivity index (χ4n) is 2.22. The second-order valence-electron chi connectivity index (χ2n) is 5.10. The molecule has 0 spiro atoms. The molecular formula is C17H19ClFNO. The molecule has 0 aromatic heterocycles. The molecule has 2 aromatic carbocycles. The number of ether oxygens (including phenoxy) is 1. The van der Waals surface area contributed by atoms with Crippen LogP contribution < -0.4 is 10.5 Å². The second kappa shape index (κ2) is 7.43. The van der Waals surface area contributed by atoms with Gasteiger partial charge in [0, 0.05) is 6.04 Å². The predicted molar refractivity (Wildman–Crippen MR) is 84.4 cm³/mol. The highest BCUT2D eigenvalue weighted by Gasteiger charge is 2.07. The van der Waals surface area contributed by atoms with Crippen molar-refractivity contribution in [3.63, 3.8) is 0 Å². The molecule has 0 fully saturated rings. The molecule has 21 heavy (non-hydrogen) atoms. The zero-order valence-electron chi connectivity index (χ0n) is 12.0. The molecule has 0 saturated heterocycles. The van der Waals surface area contributed by atoms with E-state index in [0.717, 1.165) is 24.2 Å². The van der Waals surface area contributed by atoms with Gasteiger partial charge in [0.25, 0.3) is 0 Å². The molecule has 0 radical (unpaired) electrons. The molecule has 0 aliphatic rings. The van der Waals surface area contributed by atoms with Gasteiger partial charge in [0.05, 0.1) is 12.1 Å². The Bertz CT molecular complexity index is 586. The van der Waals surface area contributed by atoms with Crippen molar-refractivity contribution in [3.8, 4) is 5.75 Å². The lowest BCUT2D eigenvalue weighted by Gasteiger charge is -2.12. The van der Waals surface area contributed by atoms with Gasteiger partial charge in [0.15, 0.2) is 0 Å². The van der Waals surface area contributed by atoms with E-state index in [2.05, 4.69) is 0 Å². The molecule has 2 rings (SSSR count). The minimum Gasteiger partial charge on any atom is -0.497 e. The Morgan fingerprint density at radius 2 is 1.81 bits per heavy atom. The van der Waals surface area contributed by atoms with Gasteiger partial charge in [-0.1, -0.05) is 29.8 Å². The standard InChI is InChI=1S/C17H19ClFNO/c1-21-15-7-3-12(4-8-15)2-6-14(20)10-13-5-9-17(19)16(18)11-13/h3-5,7-9,11,14H,2,6,10,20H2,1H3. The van der Waals surface area contributed by atoms with E-state index in [-0.39, 0.29) is 11.1 Å². The number of nitrogens with two attached hydrogens (primary N) is 1. The maximum absolute atomic E-state index is 13.1. The summed E-state index contributed by atoms with van der Waals surface area (Å²) in [5.41, 5.74) is 8.32. The highest BCUT2D eigenvalue weighted by Crippen LogP contribution is 2.18. The molecule has 0 aliphatic carbocycles. The van der Waals surface area contributed by atoms with Crippen LogP contribution in [0.3, 0.4) is 0 Å². The van der Waals surface area contributed by atoms with Crippen LogP contribution in [0.2, 0.25) is 5.02 Å². The van der Waals surface area contributed by atoms with Gasteiger partial charge >= 0.3 is 0 Å². The Balaban J connectivity index is 1.86. The van der Waals surface area contributed by atoms with Gasteiger partial charge in [-0.15, -0.1) is 0 Å². The highest BCUT2D eigenvalue weighted by atomic mass is 35.5. The predicted octanol–water partition coefficient (Wildman–Crippen LogP) is 3.99. The van der Waals surface area contributed by atoms with E-state index in [0.29, 0.717) is 6.42 Å². The Labute approximate surface area is 129 Å². The summed E-state index contributed by atoms with van der Waals surface area (Å²) in [7, 11) is 1.65. The molecule has 0 amide bonds. The van der Waals surface area contributed by atoms with Crippen molar-refractivity contribution in [2.24, 2.45) is 5.73 Å². The number of hydrogen-bond donors (Lipinski definition) is 1. The van der Waals surface area contributed by atoms with E-state index in [1.54, 1.807) is 19.2 Å². The van der Waals surface area contributed by atoms with Crippen LogP contribution in [0.5, 0.6) is 5.75 Å². The minimum atomic E-state index is -0.396. The lowest BCUT2D eigenvalue weighted by molar-refractivity contribution is 0.414. The minimum absolute atomic E-state index is 0.0219. The first-order valence-electron chi connectivity index (χ1n) is 6.91. The van der Waals surface area contributed by atoms with Crippen LogP contribution in [0.15, 0.2) is 42.5 Å². The third-order valence-corrected chi connectivity index (χ3v) is 3.73. The first-order chi connectivity index (χ1) is 10.1. The highest BCUT2D eigenvalue weighted by molar-refractivity contribution is 6.30. The molecule has 2 N–H and O–H groups in total. The fourth-order valence-corrected chi connectivity index (χ4v) is 2.42. The van der Waals surface area contributed by atoms with Crippen LogP contribution >= 0.6 is 11.6 Å². The van der Waals surface area contributed by atoms with Crippen molar-refractivity contribution in [1.82, 2.24) is 0 Å². The molecule has 2 nitrogen and oxygen atoms in total. The summed E-state index contributed by atoms with van der Waals surface area (Å²) < 4.78 is 18.2. The van der Waals surface area contributed by atoms with E-state index in [4.69, 9.17) is 22.1 Å². The number of benzene rings is 2. The normalized spacial score (nSPS) is 12.2. The van der Waals surface area contributed by atoms with E-state index in [9.17, 15) is 4.39 Å². The molecule has 0 bridgehead atoms. The average Bonchev–Trinajstić information content (AvgIpc) is 2.49. The first kappa shape index (κ1) is 15.8. The lowest BCUT2D eigenvalue weighted by atomic mass is 10.00. The number of aryl methyl sites for hydroxylation is 1. The van der Waals surface area contributed by atoms with Crippen molar-refractivity contribution in [2.45, 2.75) is 25.3 Å². The fraction of sp³-hybridized carbons (Fsp3) is 0.294. The Hall–Kier alpha value is -1.58. The van der Waals surface area contributed by atoms with Crippen LogP contribution in [0.4, 0.5) is 4.39 Å². The van der Waals surface area contributed by atoms with Gasteiger partial charge in [-0.3, -0.25) is 0 Å². The summed E-state index contributed by atoms with van der Waals surface area (Å²) in [4.78, 5) is 0. The molecule has 0 heterocycles. The molecule has 2 aromatic rings. The largest absolute Gasteiger partial charge is 0.497 e. The third-order valence-electron chi connectivity index (χ3n) is 3.44. The number of methoxy groups -OCH3 is 1. The van der Waals surface area contributed by atoms with Crippen molar-refractivity contribution in [1.29, 1.82) is 0 Å². The van der Waals surface area contributed by atoms with Gasteiger partial charge in [0.1, 0.15) is 11.6 Å². The van der Waals surface area contributed by atoms with E-state index in [1.165, 1.54) is 11.6 Å². The van der Waals surface area contributed by atoms with Crippen LogP contribution in [-0.4, -0.2) is 13.2 Å². The maximum Gasteiger partial charge on any atom is 0.141 e. The van der Waals surface area contributed by atoms with Crippen molar-refractivity contribution in [2.75, 3.05) is 7.11 Å². The number of halogens is 2. The number of rotatable bonds is 6. The van der Waals surface area contributed by atoms with Gasteiger partial charge < -0.3 is 10.5 Å². The van der Waals surface area contributed by atoms with Crippen LogP contribution in [0.1, 0.15) is 17.5 Å². The smallest absolute Gasteiger partial charge is 0.141 e. The molecular weight excluding hydrogens is 289 g/mol. The quantitative estimate of drug-likeness (QED) is 0.876. The first-order valence-corrected chi connectivity index (χ1v) is 7.28. The summed E-state index contributed by atoms with van der Waals surface area (Å²) in [6.45, 7) is 0. The zero-order chi connectivity index (χ0) is 15.2. The maximum atomic E-state index is 13.1. The van der Waals surface area contributed by atoms with Crippen LogP contribution in [0, 0.1) is 5.82 Å². The molecule has 1 atom stereocenters. The molecule has 0 saturated carbocycles. The molecule has 4 heteroatoms. The van der Waals surface area contributed by atoms with E-state index < -0.39 is 5.82 Å². The Morgan fingerprint density at radius 3 is 2.43 bits per heavy atom. The van der Waals surface area contributed by atoms with Crippen LogP contribution in [0.25, 0.3) is 0 Å². The summed E-state index contributed by atoms with van der Waals surface area (Å²) in [5, 5.41) is 0.148.